The van der Waals surface area contributed by atoms with Gasteiger partial charge in [0.2, 0.25) is 0 Å². The summed E-state index contributed by atoms with van der Waals surface area (Å²) in [7, 11) is 0. The van der Waals surface area contributed by atoms with Gasteiger partial charge in [-0.05, 0) is 64.9 Å². The molecule has 0 heterocycles. The van der Waals surface area contributed by atoms with Crippen molar-refractivity contribution in [2.45, 2.75) is 31.6 Å². The van der Waals surface area contributed by atoms with E-state index in [0.29, 0.717) is 5.75 Å². The lowest BCUT2D eigenvalue weighted by molar-refractivity contribution is -0.139. The second-order valence-electron chi connectivity index (χ2n) is 7.10. The number of hydrogen-bond donors (Lipinski definition) is 1. The van der Waals surface area contributed by atoms with Crippen LogP contribution in [0.5, 0.6) is 5.75 Å². The lowest BCUT2D eigenvalue weighted by atomic mass is 9.89. The summed E-state index contributed by atoms with van der Waals surface area (Å²) in [6, 6.07) is 24.9. The van der Waals surface area contributed by atoms with Crippen molar-refractivity contribution in [1.82, 2.24) is 0 Å². The first-order valence-electron chi connectivity index (χ1n) is 10.6. The summed E-state index contributed by atoms with van der Waals surface area (Å²) in [6.07, 6.45) is 4.31. The number of hydrogen-bond acceptors (Lipinski definition) is 3. The van der Waals surface area contributed by atoms with Crippen LogP contribution in [0, 0.1) is 0 Å². The third kappa shape index (κ3) is 6.25. The first kappa shape index (κ1) is 22.7. The molecule has 0 aliphatic heterocycles. The predicted octanol–water partition coefficient (Wildman–Crippen LogP) is 6.50. The highest BCUT2D eigenvalue weighted by molar-refractivity contribution is 7.99. The van der Waals surface area contributed by atoms with Crippen LogP contribution >= 0.6 is 11.8 Å². The predicted molar refractivity (Wildman–Crippen MR) is 129 cm³/mol. The van der Waals surface area contributed by atoms with E-state index in [9.17, 15) is 4.79 Å². The first-order valence-corrected chi connectivity index (χ1v) is 11.5. The monoisotopic (exact) mass is 432 g/mol. The molecule has 0 atom stereocenters. The van der Waals surface area contributed by atoms with Gasteiger partial charge in [-0.25, -0.2) is 4.79 Å². The zero-order chi connectivity index (χ0) is 22.1. The maximum Gasteiger partial charge on any atom is 0.341 e. The number of aryl methyl sites for hydroxylation is 2. The Hall–Kier alpha value is -2.98. The lowest BCUT2D eigenvalue weighted by Crippen LogP contribution is -2.09. The van der Waals surface area contributed by atoms with Crippen LogP contribution in [-0.4, -0.2) is 23.4 Å². The first-order chi connectivity index (χ1) is 15.1. The van der Waals surface area contributed by atoms with Crippen LogP contribution in [0.2, 0.25) is 0 Å². The average Bonchev–Trinajstić information content (AvgIpc) is 2.81. The Morgan fingerprint density at radius 1 is 0.871 bits per heavy atom. The zero-order valence-electron chi connectivity index (χ0n) is 18.0. The minimum atomic E-state index is -0.976. The standard InChI is InChI=1S/C27H28O3S/c1-3-20-9-5-7-11-24(20)26(25-12-8-6-10-21(25)4-2)17-18-31-23-15-13-22(14-16-23)30-19-27(28)29/h5-17H,3-4,18-19H2,1-2H3,(H,28,29). The van der Waals surface area contributed by atoms with Crippen molar-refractivity contribution in [2.24, 2.45) is 0 Å². The van der Waals surface area contributed by atoms with E-state index in [0.717, 1.165) is 23.5 Å². The van der Waals surface area contributed by atoms with Crippen molar-refractivity contribution < 1.29 is 14.6 Å². The minimum Gasteiger partial charge on any atom is -0.482 e. The van der Waals surface area contributed by atoms with E-state index in [1.54, 1.807) is 11.8 Å². The molecule has 0 saturated carbocycles. The van der Waals surface area contributed by atoms with Crippen LogP contribution in [-0.2, 0) is 17.6 Å². The molecule has 3 aromatic carbocycles. The van der Waals surface area contributed by atoms with E-state index in [1.807, 2.05) is 24.3 Å². The third-order valence-electron chi connectivity index (χ3n) is 5.10. The summed E-state index contributed by atoms with van der Waals surface area (Å²) >= 11 is 1.75. The molecule has 0 fully saturated rings. The summed E-state index contributed by atoms with van der Waals surface area (Å²) in [5, 5.41) is 8.72. The lowest BCUT2D eigenvalue weighted by Gasteiger charge is -2.16. The average molecular weight is 433 g/mol. The van der Waals surface area contributed by atoms with E-state index in [2.05, 4.69) is 68.5 Å². The van der Waals surface area contributed by atoms with Gasteiger partial charge in [0, 0.05) is 10.6 Å². The maximum absolute atomic E-state index is 10.6. The molecule has 3 rings (SSSR count). The maximum atomic E-state index is 10.6. The van der Waals surface area contributed by atoms with Gasteiger partial charge in [-0.1, -0.05) is 68.5 Å². The number of benzene rings is 3. The molecule has 3 nitrogen and oxygen atoms in total. The van der Waals surface area contributed by atoms with Gasteiger partial charge in [0.25, 0.3) is 0 Å². The van der Waals surface area contributed by atoms with Crippen LogP contribution in [0.15, 0.2) is 83.8 Å². The van der Waals surface area contributed by atoms with E-state index in [1.165, 1.54) is 27.8 Å². The zero-order valence-corrected chi connectivity index (χ0v) is 18.8. The summed E-state index contributed by atoms with van der Waals surface area (Å²) < 4.78 is 5.21. The van der Waals surface area contributed by atoms with Crippen molar-refractivity contribution in [2.75, 3.05) is 12.4 Å². The molecule has 0 bridgehead atoms. The van der Waals surface area contributed by atoms with Crippen LogP contribution in [0.25, 0.3) is 5.57 Å². The van der Waals surface area contributed by atoms with Crippen molar-refractivity contribution in [3.8, 4) is 5.75 Å². The molecule has 0 radical (unpaired) electrons. The number of aliphatic carboxylic acids is 1. The minimum absolute atomic E-state index is 0.327. The molecule has 0 aliphatic carbocycles. The fourth-order valence-electron chi connectivity index (χ4n) is 3.55. The van der Waals surface area contributed by atoms with Gasteiger partial charge in [0.1, 0.15) is 5.75 Å². The van der Waals surface area contributed by atoms with E-state index >= 15 is 0 Å². The molecule has 0 unspecified atom stereocenters. The Morgan fingerprint density at radius 3 is 1.94 bits per heavy atom. The van der Waals surface area contributed by atoms with E-state index in [-0.39, 0.29) is 6.61 Å². The largest absolute Gasteiger partial charge is 0.482 e. The SMILES string of the molecule is CCc1ccccc1C(=CCSc1ccc(OCC(=O)O)cc1)c1ccccc1CC. The van der Waals surface area contributed by atoms with Gasteiger partial charge in [0.05, 0.1) is 0 Å². The number of carboxylic acids is 1. The molecule has 0 saturated heterocycles. The molecular weight excluding hydrogens is 404 g/mol. The Bertz CT molecular complexity index is 989. The van der Waals surface area contributed by atoms with Crippen molar-refractivity contribution in [3.05, 3.63) is 101 Å². The molecule has 0 aliphatic rings. The van der Waals surface area contributed by atoms with Gasteiger partial charge in [-0.3, -0.25) is 0 Å². The molecule has 160 valence electrons. The molecule has 0 spiro atoms. The third-order valence-corrected chi connectivity index (χ3v) is 6.04. The summed E-state index contributed by atoms with van der Waals surface area (Å²) in [5.41, 5.74) is 6.57. The van der Waals surface area contributed by atoms with Crippen LogP contribution < -0.4 is 4.74 Å². The molecule has 0 aromatic heterocycles. The summed E-state index contributed by atoms with van der Waals surface area (Å²) in [6.45, 7) is 4.07. The molecule has 31 heavy (non-hydrogen) atoms. The van der Waals surface area contributed by atoms with Crippen LogP contribution in [0.4, 0.5) is 0 Å². The van der Waals surface area contributed by atoms with Gasteiger partial charge in [-0.15, -0.1) is 11.8 Å². The Balaban J connectivity index is 1.84. The van der Waals surface area contributed by atoms with Crippen molar-refractivity contribution >= 4 is 23.3 Å². The van der Waals surface area contributed by atoms with Gasteiger partial charge in [0.15, 0.2) is 6.61 Å². The topological polar surface area (TPSA) is 46.5 Å². The highest BCUT2D eigenvalue weighted by atomic mass is 32.2. The molecular formula is C27H28O3S. The second-order valence-corrected chi connectivity index (χ2v) is 8.20. The highest BCUT2D eigenvalue weighted by Gasteiger charge is 2.12. The number of carbonyl (C=O) groups is 1. The van der Waals surface area contributed by atoms with Crippen molar-refractivity contribution in [3.63, 3.8) is 0 Å². The fraction of sp³-hybridized carbons (Fsp3) is 0.222. The fourth-order valence-corrected chi connectivity index (χ4v) is 4.32. The molecule has 3 aromatic rings. The van der Waals surface area contributed by atoms with Crippen LogP contribution in [0.3, 0.4) is 0 Å². The Morgan fingerprint density at radius 2 is 1.42 bits per heavy atom. The Kier molecular flexibility index (Phi) is 8.36. The van der Waals surface area contributed by atoms with E-state index in [4.69, 9.17) is 9.84 Å². The number of carboxylic acid groups (broad SMARTS) is 1. The highest BCUT2D eigenvalue weighted by Crippen LogP contribution is 2.31. The van der Waals surface area contributed by atoms with Gasteiger partial charge >= 0.3 is 5.97 Å². The Labute approximate surface area is 188 Å². The van der Waals surface area contributed by atoms with Crippen molar-refractivity contribution in [1.29, 1.82) is 0 Å². The number of ether oxygens (including phenoxy) is 1. The van der Waals surface area contributed by atoms with Crippen LogP contribution in [0.1, 0.15) is 36.1 Å². The smallest absolute Gasteiger partial charge is 0.341 e. The number of thioether (sulfide) groups is 1. The number of rotatable bonds is 10. The summed E-state index contributed by atoms with van der Waals surface area (Å²) in [5.74, 6) is 0.424. The second kappa shape index (κ2) is 11.4. The van der Waals surface area contributed by atoms with E-state index < -0.39 is 5.97 Å². The van der Waals surface area contributed by atoms with Gasteiger partial charge < -0.3 is 9.84 Å². The quantitative estimate of drug-likeness (QED) is 0.372. The molecule has 0 amide bonds. The molecule has 1 N–H and O–H groups in total. The molecule has 4 heteroatoms. The normalized spacial score (nSPS) is 10.5. The van der Waals surface area contributed by atoms with Gasteiger partial charge in [-0.2, -0.15) is 0 Å². The summed E-state index contributed by atoms with van der Waals surface area (Å²) in [4.78, 5) is 11.8.